The Labute approximate surface area is 77.0 Å². The number of aromatic hydroxyl groups is 1. The molecule has 0 aliphatic rings. The van der Waals surface area contributed by atoms with E-state index in [1.807, 2.05) is 0 Å². The van der Waals surface area contributed by atoms with Gasteiger partial charge in [-0.3, -0.25) is 4.79 Å². The van der Waals surface area contributed by atoms with Gasteiger partial charge in [-0.25, -0.2) is 0 Å². The molecule has 0 aliphatic carbocycles. The van der Waals surface area contributed by atoms with Crippen molar-refractivity contribution in [1.29, 1.82) is 0 Å². The highest BCUT2D eigenvalue weighted by molar-refractivity contribution is 5.99. The molecule has 1 rings (SSSR count). The molecule has 1 aromatic carbocycles. The fourth-order valence-electron chi connectivity index (χ4n) is 1.10. The highest BCUT2D eigenvalue weighted by atomic mass is 16.5. The Hall–Kier alpha value is -1.51. The molecule has 3 nitrogen and oxygen atoms in total. The zero-order valence-electron chi connectivity index (χ0n) is 7.70. The third-order valence-electron chi connectivity index (χ3n) is 1.84. The molecular formula is C10H12O3. The highest BCUT2D eigenvalue weighted by Gasteiger charge is 2.12. The van der Waals surface area contributed by atoms with E-state index in [-0.39, 0.29) is 11.5 Å². The number of benzene rings is 1. The van der Waals surface area contributed by atoms with Gasteiger partial charge < -0.3 is 9.84 Å². The van der Waals surface area contributed by atoms with E-state index in [0.29, 0.717) is 17.7 Å². The molecule has 0 saturated carbocycles. The van der Waals surface area contributed by atoms with Gasteiger partial charge in [0, 0.05) is 6.42 Å². The van der Waals surface area contributed by atoms with Gasteiger partial charge in [0.25, 0.3) is 0 Å². The minimum absolute atomic E-state index is 0.0724. The van der Waals surface area contributed by atoms with Crippen LogP contribution in [0.5, 0.6) is 11.5 Å². The van der Waals surface area contributed by atoms with Crippen LogP contribution in [-0.4, -0.2) is 18.0 Å². The second-order valence-corrected chi connectivity index (χ2v) is 2.63. The number of rotatable bonds is 3. The molecule has 0 aromatic heterocycles. The summed E-state index contributed by atoms with van der Waals surface area (Å²) in [6.45, 7) is 1.75. The quantitative estimate of drug-likeness (QED) is 0.723. The third kappa shape index (κ3) is 1.80. The van der Waals surface area contributed by atoms with Crippen molar-refractivity contribution in [2.45, 2.75) is 13.3 Å². The average Bonchev–Trinajstić information content (AvgIpc) is 2.17. The lowest BCUT2D eigenvalue weighted by Crippen LogP contribution is -1.97. The van der Waals surface area contributed by atoms with Crippen molar-refractivity contribution in [3.8, 4) is 11.5 Å². The lowest BCUT2D eigenvalue weighted by molar-refractivity contribution is 0.0985. The van der Waals surface area contributed by atoms with Crippen LogP contribution in [0.1, 0.15) is 23.7 Å². The summed E-state index contributed by atoms with van der Waals surface area (Å²) in [7, 11) is 1.45. The first-order chi connectivity index (χ1) is 6.20. The van der Waals surface area contributed by atoms with Gasteiger partial charge in [0.2, 0.25) is 0 Å². The minimum Gasteiger partial charge on any atom is -0.504 e. The molecule has 70 valence electrons. The Kier molecular flexibility index (Phi) is 2.90. The van der Waals surface area contributed by atoms with Gasteiger partial charge >= 0.3 is 0 Å². The van der Waals surface area contributed by atoms with E-state index >= 15 is 0 Å². The Morgan fingerprint density at radius 3 is 2.77 bits per heavy atom. The molecule has 0 atom stereocenters. The van der Waals surface area contributed by atoms with Crippen LogP contribution in [0.15, 0.2) is 18.2 Å². The van der Waals surface area contributed by atoms with Gasteiger partial charge in [-0.1, -0.05) is 13.0 Å². The number of methoxy groups -OCH3 is 1. The first kappa shape index (κ1) is 9.58. The van der Waals surface area contributed by atoms with E-state index in [4.69, 9.17) is 4.74 Å². The number of ether oxygens (including phenoxy) is 1. The lowest BCUT2D eigenvalue weighted by atomic mass is 10.1. The monoisotopic (exact) mass is 180 g/mol. The molecule has 0 fully saturated rings. The maximum absolute atomic E-state index is 11.3. The van der Waals surface area contributed by atoms with E-state index in [0.717, 1.165) is 0 Å². The topological polar surface area (TPSA) is 46.5 Å². The summed E-state index contributed by atoms with van der Waals surface area (Å²) in [5.74, 6) is 0.174. The predicted molar refractivity (Wildman–Crippen MR) is 49.3 cm³/mol. The molecule has 1 N–H and O–H groups in total. The SMILES string of the molecule is CCC(=O)c1cccc(OC)c1O. The largest absolute Gasteiger partial charge is 0.504 e. The fraction of sp³-hybridized carbons (Fsp3) is 0.300. The third-order valence-corrected chi connectivity index (χ3v) is 1.84. The maximum atomic E-state index is 11.3. The van der Waals surface area contributed by atoms with E-state index in [1.54, 1.807) is 25.1 Å². The first-order valence-electron chi connectivity index (χ1n) is 4.09. The molecule has 0 aliphatic heterocycles. The van der Waals surface area contributed by atoms with E-state index < -0.39 is 0 Å². The number of para-hydroxylation sites is 1. The molecule has 1 aromatic rings. The molecule has 0 unspecified atom stereocenters. The first-order valence-corrected chi connectivity index (χ1v) is 4.09. The van der Waals surface area contributed by atoms with Gasteiger partial charge in [0.1, 0.15) is 0 Å². The van der Waals surface area contributed by atoms with Crippen molar-refractivity contribution in [1.82, 2.24) is 0 Å². The van der Waals surface area contributed by atoms with Crippen LogP contribution in [-0.2, 0) is 0 Å². The number of hydrogen-bond acceptors (Lipinski definition) is 3. The van der Waals surface area contributed by atoms with Crippen LogP contribution in [0.2, 0.25) is 0 Å². The Balaban J connectivity index is 3.15. The number of phenolic OH excluding ortho intramolecular Hbond substituents is 1. The summed E-state index contributed by atoms with van der Waals surface area (Å²) in [5, 5.41) is 9.54. The van der Waals surface area contributed by atoms with Crippen molar-refractivity contribution in [3.05, 3.63) is 23.8 Å². The molecule has 0 amide bonds. The average molecular weight is 180 g/mol. The van der Waals surface area contributed by atoms with Gasteiger partial charge in [0.15, 0.2) is 17.3 Å². The minimum atomic E-state index is -0.0867. The number of phenols is 1. The molecule has 0 bridgehead atoms. The summed E-state index contributed by atoms with van der Waals surface area (Å²) in [4.78, 5) is 11.3. The molecule has 13 heavy (non-hydrogen) atoms. The summed E-state index contributed by atoms with van der Waals surface area (Å²) < 4.78 is 4.88. The highest BCUT2D eigenvalue weighted by Crippen LogP contribution is 2.29. The van der Waals surface area contributed by atoms with Crippen molar-refractivity contribution >= 4 is 5.78 Å². The molecule has 0 saturated heterocycles. The van der Waals surface area contributed by atoms with Crippen molar-refractivity contribution in [2.75, 3.05) is 7.11 Å². The number of hydrogen-bond donors (Lipinski definition) is 1. The van der Waals surface area contributed by atoms with E-state index in [9.17, 15) is 9.90 Å². The molecule has 3 heteroatoms. The number of ketones is 1. The van der Waals surface area contributed by atoms with Crippen LogP contribution in [0.3, 0.4) is 0 Å². The molecule has 0 spiro atoms. The fourth-order valence-corrected chi connectivity index (χ4v) is 1.10. The van der Waals surface area contributed by atoms with E-state index in [2.05, 4.69) is 0 Å². The van der Waals surface area contributed by atoms with Crippen LogP contribution in [0.4, 0.5) is 0 Å². The zero-order chi connectivity index (χ0) is 9.84. The predicted octanol–water partition coefficient (Wildman–Crippen LogP) is 1.99. The van der Waals surface area contributed by atoms with Crippen molar-refractivity contribution in [2.24, 2.45) is 0 Å². The van der Waals surface area contributed by atoms with Crippen molar-refractivity contribution < 1.29 is 14.6 Å². The molecule has 0 heterocycles. The smallest absolute Gasteiger partial charge is 0.168 e. The van der Waals surface area contributed by atoms with Crippen LogP contribution in [0, 0.1) is 0 Å². The second kappa shape index (κ2) is 3.94. The standard InChI is InChI=1S/C10H12O3/c1-3-8(11)7-5-4-6-9(13-2)10(7)12/h4-6,12H,3H2,1-2H3. The van der Waals surface area contributed by atoms with E-state index in [1.165, 1.54) is 7.11 Å². The second-order valence-electron chi connectivity index (χ2n) is 2.63. The normalized spacial score (nSPS) is 9.69. The zero-order valence-corrected chi connectivity index (χ0v) is 7.70. The summed E-state index contributed by atoms with van der Waals surface area (Å²) in [6, 6.07) is 4.88. The van der Waals surface area contributed by atoms with Gasteiger partial charge in [-0.05, 0) is 12.1 Å². The van der Waals surface area contributed by atoms with Crippen molar-refractivity contribution in [3.63, 3.8) is 0 Å². The van der Waals surface area contributed by atoms with Crippen LogP contribution < -0.4 is 4.74 Å². The Bertz CT molecular complexity index is 318. The Morgan fingerprint density at radius 2 is 2.23 bits per heavy atom. The van der Waals surface area contributed by atoms with Gasteiger partial charge in [-0.2, -0.15) is 0 Å². The number of Topliss-reactive ketones (excluding diaryl/α,β-unsaturated/α-hetero) is 1. The molecular weight excluding hydrogens is 168 g/mol. The number of carbonyl (C=O) groups excluding carboxylic acids is 1. The summed E-state index contributed by atoms with van der Waals surface area (Å²) >= 11 is 0. The van der Waals surface area contributed by atoms with Gasteiger partial charge in [-0.15, -0.1) is 0 Å². The summed E-state index contributed by atoms with van der Waals surface area (Å²) in [6.07, 6.45) is 0.376. The lowest BCUT2D eigenvalue weighted by Gasteiger charge is -2.06. The van der Waals surface area contributed by atoms with Crippen LogP contribution >= 0.6 is 0 Å². The maximum Gasteiger partial charge on any atom is 0.168 e. The number of carbonyl (C=O) groups is 1. The van der Waals surface area contributed by atoms with Gasteiger partial charge in [0.05, 0.1) is 12.7 Å². The van der Waals surface area contributed by atoms with Crippen LogP contribution in [0.25, 0.3) is 0 Å². The summed E-state index contributed by atoms with van der Waals surface area (Å²) in [5.41, 5.74) is 0.321. The molecule has 0 radical (unpaired) electrons. The Morgan fingerprint density at radius 1 is 1.54 bits per heavy atom.